The molecule has 0 spiro atoms. The molecule has 0 aromatic heterocycles. The molecule has 0 aliphatic heterocycles. The molecule has 0 atom stereocenters. The molecular formula is C5H10N2O2S2. The molecule has 0 radical (unpaired) electrons. The summed E-state index contributed by atoms with van der Waals surface area (Å²) in [4.78, 5) is 0.175. The molecule has 0 amide bonds. The van der Waals surface area contributed by atoms with E-state index in [0.29, 0.717) is 0 Å². The maximum absolute atomic E-state index is 11.1. The van der Waals surface area contributed by atoms with Crippen molar-refractivity contribution < 1.29 is 8.42 Å². The summed E-state index contributed by atoms with van der Waals surface area (Å²) in [6, 6.07) is 0. The third-order valence-electron chi connectivity index (χ3n) is 1.41. The van der Waals surface area contributed by atoms with Crippen LogP contribution in [0, 0.1) is 0 Å². The van der Waals surface area contributed by atoms with E-state index in [2.05, 4.69) is 16.9 Å². The molecule has 0 aromatic carbocycles. The predicted molar refractivity (Wildman–Crippen MR) is 46.7 cm³/mol. The quantitative estimate of drug-likeness (QED) is 0.584. The van der Waals surface area contributed by atoms with Crippen molar-refractivity contribution in [2.45, 2.75) is 18.1 Å². The van der Waals surface area contributed by atoms with Gasteiger partial charge in [0, 0.05) is 0 Å². The Hall–Kier alpha value is -0.200. The first-order valence-electron chi connectivity index (χ1n) is 3.29. The number of hydrogen-bond donors (Lipinski definition) is 2. The van der Waals surface area contributed by atoms with Gasteiger partial charge in [0.05, 0.1) is 16.8 Å². The van der Waals surface area contributed by atoms with Crippen molar-refractivity contribution in [2.75, 3.05) is 6.54 Å². The largest absolute Gasteiger partial charge is 0.392 e. The standard InChI is InChI=1S/C5H10N2O2S2/c6-5(10)3-7-11(8,9)4-1-2-4/h4,7H,1-3H2,(H2,6,10). The Balaban J connectivity index is 2.40. The number of hydrogen-bond acceptors (Lipinski definition) is 3. The highest BCUT2D eigenvalue weighted by Crippen LogP contribution is 2.27. The summed E-state index contributed by atoms with van der Waals surface area (Å²) in [5.41, 5.74) is 5.12. The molecule has 4 nitrogen and oxygen atoms in total. The van der Waals surface area contributed by atoms with Crippen molar-refractivity contribution in [1.29, 1.82) is 0 Å². The molecular weight excluding hydrogens is 184 g/mol. The molecule has 3 N–H and O–H groups in total. The number of nitrogens with two attached hydrogens (primary N) is 1. The van der Waals surface area contributed by atoms with Crippen molar-refractivity contribution in [3.05, 3.63) is 0 Å². The fraction of sp³-hybridized carbons (Fsp3) is 0.800. The van der Waals surface area contributed by atoms with Crippen LogP contribution in [0.4, 0.5) is 0 Å². The highest BCUT2D eigenvalue weighted by molar-refractivity contribution is 7.90. The van der Waals surface area contributed by atoms with Crippen molar-refractivity contribution in [2.24, 2.45) is 5.73 Å². The van der Waals surface area contributed by atoms with E-state index >= 15 is 0 Å². The van der Waals surface area contributed by atoms with E-state index in [4.69, 9.17) is 5.73 Å². The van der Waals surface area contributed by atoms with E-state index in [9.17, 15) is 8.42 Å². The lowest BCUT2D eigenvalue weighted by Crippen LogP contribution is -2.34. The van der Waals surface area contributed by atoms with Crippen molar-refractivity contribution in [1.82, 2.24) is 4.72 Å². The summed E-state index contributed by atoms with van der Waals surface area (Å²) in [5, 5.41) is -0.197. The Kier molecular flexibility index (Phi) is 2.46. The Bertz CT molecular complexity index is 256. The molecule has 0 heterocycles. The Morgan fingerprint density at radius 1 is 1.64 bits per heavy atom. The average Bonchev–Trinajstić information content (AvgIpc) is 2.64. The molecule has 6 heteroatoms. The first-order valence-corrected chi connectivity index (χ1v) is 5.24. The summed E-state index contributed by atoms with van der Waals surface area (Å²) in [6.45, 7) is 0.0775. The van der Waals surface area contributed by atoms with Gasteiger partial charge in [0.1, 0.15) is 0 Å². The lowest BCUT2D eigenvalue weighted by Gasteiger charge is -2.02. The summed E-state index contributed by atoms with van der Waals surface area (Å²) in [7, 11) is -3.10. The Labute approximate surface area is 71.2 Å². The van der Waals surface area contributed by atoms with Crippen LogP contribution in [0.2, 0.25) is 0 Å². The van der Waals surface area contributed by atoms with Gasteiger partial charge in [-0.15, -0.1) is 0 Å². The molecule has 1 aliphatic carbocycles. The van der Waals surface area contributed by atoms with Crippen LogP contribution in [0.3, 0.4) is 0 Å². The molecule has 0 bridgehead atoms. The molecule has 64 valence electrons. The average molecular weight is 194 g/mol. The van der Waals surface area contributed by atoms with E-state index in [0.717, 1.165) is 12.8 Å². The van der Waals surface area contributed by atoms with Crippen LogP contribution in [0.25, 0.3) is 0 Å². The molecule has 1 rings (SSSR count). The lowest BCUT2D eigenvalue weighted by atomic mass is 10.7. The fourth-order valence-corrected chi connectivity index (χ4v) is 2.18. The number of sulfonamides is 1. The van der Waals surface area contributed by atoms with Gasteiger partial charge in [0.2, 0.25) is 10.0 Å². The van der Waals surface area contributed by atoms with Crippen molar-refractivity contribution in [3.63, 3.8) is 0 Å². The summed E-state index contributed by atoms with van der Waals surface area (Å²) < 4.78 is 24.5. The predicted octanol–water partition coefficient (Wildman–Crippen LogP) is -0.646. The zero-order chi connectivity index (χ0) is 8.48. The Morgan fingerprint density at radius 3 is 2.55 bits per heavy atom. The van der Waals surface area contributed by atoms with Crippen LogP contribution >= 0.6 is 12.2 Å². The van der Waals surface area contributed by atoms with Gasteiger partial charge < -0.3 is 5.73 Å². The van der Waals surface area contributed by atoms with Gasteiger partial charge in [0.25, 0.3) is 0 Å². The van der Waals surface area contributed by atoms with Crippen LogP contribution in [-0.4, -0.2) is 25.2 Å². The maximum Gasteiger partial charge on any atom is 0.214 e. The molecule has 1 saturated carbocycles. The van der Waals surface area contributed by atoms with Gasteiger partial charge in [-0.05, 0) is 12.8 Å². The van der Waals surface area contributed by atoms with E-state index in [-0.39, 0.29) is 16.8 Å². The summed E-state index contributed by atoms with van der Waals surface area (Å²) in [6.07, 6.45) is 1.51. The van der Waals surface area contributed by atoms with E-state index in [1.54, 1.807) is 0 Å². The molecule has 1 aliphatic rings. The Morgan fingerprint density at radius 2 is 2.18 bits per heavy atom. The van der Waals surface area contributed by atoms with Gasteiger partial charge >= 0.3 is 0 Å². The second kappa shape index (κ2) is 3.04. The van der Waals surface area contributed by atoms with Gasteiger partial charge in [0.15, 0.2) is 0 Å². The second-order valence-corrected chi connectivity index (χ2v) is 5.10. The van der Waals surface area contributed by atoms with Crippen molar-refractivity contribution >= 4 is 27.2 Å². The van der Waals surface area contributed by atoms with Gasteiger partial charge in [-0.25, -0.2) is 13.1 Å². The zero-order valence-corrected chi connectivity index (χ0v) is 7.54. The monoisotopic (exact) mass is 194 g/mol. The number of nitrogens with one attached hydrogen (secondary N) is 1. The topological polar surface area (TPSA) is 72.2 Å². The van der Waals surface area contributed by atoms with Gasteiger partial charge in [-0.3, -0.25) is 0 Å². The van der Waals surface area contributed by atoms with Crippen LogP contribution in [0.5, 0.6) is 0 Å². The smallest absolute Gasteiger partial charge is 0.214 e. The summed E-state index contributed by atoms with van der Waals surface area (Å²) >= 11 is 4.52. The van der Waals surface area contributed by atoms with E-state index in [1.165, 1.54) is 0 Å². The fourth-order valence-electron chi connectivity index (χ4n) is 0.668. The minimum absolute atomic E-state index is 0.0775. The highest BCUT2D eigenvalue weighted by atomic mass is 32.2. The van der Waals surface area contributed by atoms with Gasteiger partial charge in [-0.2, -0.15) is 0 Å². The molecule has 0 saturated heterocycles. The van der Waals surface area contributed by atoms with Gasteiger partial charge in [-0.1, -0.05) is 12.2 Å². The zero-order valence-electron chi connectivity index (χ0n) is 5.91. The minimum atomic E-state index is -3.10. The SMILES string of the molecule is NC(=S)CNS(=O)(=O)C1CC1. The molecule has 0 aromatic rings. The number of thiocarbonyl (C=S) groups is 1. The first-order chi connectivity index (χ1) is 5.02. The first kappa shape index (κ1) is 8.89. The highest BCUT2D eigenvalue weighted by Gasteiger charge is 2.35. The molecule has 1 fully saturated rings. The van der Waals surface area contributed by atoms with Crippen LogP contribution in [-0.2, 0) is 10.0 Å². The molecule has 0 unspecified atom stereocenters. The van der Waals surface area contributed by atoms with Crippen LogP contribution in [0.1, 0.15) is 12.8 Å². The number of rotatable bonds is 4. The van der Waals surface area contributed by atoms with E-state index in [1.807, 2.05) is 0 Å². The van der Waals surface area contributed by atoms with Crippen LogP contribution < -0.4 is 10.5 Å². The third kappa shape index (κ3) is 2.72. The normalized spacial score (nSPS) is 18.2. The minimum Gasteiger partial charge on any atom is -0.392 e. The maximum atomic E-state index is 11.1. The van der Waals surface area contributed by atoms with Crippen molar-refractivity contribution in [3.8, 4) is 0 Å². The molecule has 11 heavy (non-hydrogen) atoms. The summed E-state index contributed by atoms with van der Waals surface area (Å²) in [5.74, 6) is 0. The lowest BCUT2D eigenvalue weighted by molar-refractivity contribution is 0.585. The second-order valence-electron chi connectivity index (χ2n) is 2.53. The van der Waals surface area contributed by atoms with E-state index < -0.39 is 10.0 Å². The third-order valence-corrected chi connectivity index (χ3v) is 3.45. The van der Waals surface area contributed by atoms with Crippen LogP contribution in [0.15, 0.2) is 0 Å².